The molecule has 2 aromatic carbocycles. The standard InChI is InChI=1S/C23H22N4O3/c1-2-29-14-15-30-21-7-4-3-6-19(21)22(28)25-18-10-8-17(9-11-18)20-16-27-13-5-12-24-23(27)26-20/h3-13,16H,2,14-15H2,1H3,(H,25,28). The zero-order chi connectivity index (χ0) is 20.8. The monoisotopic (exact) mass is 402 g/mol. The van der Waals surface area contributed by atoms with Crippen LogP contribution < -0.4 is 10.1 Å². The molecule has 0 saturated heterocycles. The van der Waals surface area contributed by atoms with Crippen molar-refractivity contribution in [3.63, 3.8) is 0 Å². The molecule has 4 aromatic rings. The number of rotatable bonds is 8. The first-order valence-corrected chi connectivity index (χ1v) is 9.75. The lowest BCUT2D eigenvalue weighted by molar-refractivity contribution is 0.0998. The maximum absolute atomic E-state index is 12.7. The van der Waals surface area contributed by atoms with Crippen LogP contribution in [0.15, 0.2) is 73.2 Å². The number of benzene rings is 2. The van der Waals surface area contributed by atoms with Crippen LogP contribution in [0, 0.1) is 0 Å². The Labute approximate surface area is 174 Å². The highest BCUT2D eigenvalue weighted by atomic mass is 16.5. The van der Waals surface area contributed by atoms with Crippen LogP contribution in [0.5, 0.6) is 5.75 Å². The van der Waals surface area contributed by atoms with E-state index in [1.807, 2.05) is 66.2 Å². The summed E-state index contributed by atoms with van der Waals surface area (Å²) in [6, 6.07) is 16.6. The zero-order valence-corrected chi connectivity index (χ0v) is 16.6. The third-order valence-electron chi connectivity index (χ3n) is 4.50. The first-order valence-electron chi connectivity index (χ1n) is 9.75. The van der Waals surface area contributed by atoms with Gasteiger partial charge in [0.25, 0.3) is 5.91 Å². The summed E-state index contributed by atoms with van der Waals surface area (Å²) in [4.78, 5) is 21.5. The Morgan fingerprint density at radius 3 is 2.70 bits per heavy atom. The van der Waals surface area contributed by atoms with Crippen molar-refractivity contribution in [1.82, 2.24) is 14.4 Å². The van der Waals surface area contributed by atoms with Crippen LogP contribution in [0.4, 0.5) is 5.69 Å². The van der Waals surface area contributed by atoms with Crippen molar-refractivity contribution in [1.29, 1.82) is 0 Å². The maximum atomic E-state index is 12.7. The summed E-state index contributed by atoms with van der Waals surface area (Å²) in [5, 5.41) is 2.92. The summed E-state index contributed by atoms with van der Waals surface area (Å²) < 4.78 is 12.9. The summed E-state index contributed by atoms with van der Waals surface area (Å²) in [6.45, 7) is 3.43. The van der Waals surface area contributed by atoms with Gasteiger partial charge in [0.05, 0.1) is 17.9 Å². The number of fused-ring (bicyclic) bond motifs is 1. The number of nitrogens with zero attached hydrogens (tertiary/aromatic N) is 3. The Balaban J connectivity index is 1.45. The average molecular weight is 402 g/mol. The number of carbonyl (C=O) groups is 1. The molecule has 0 aliphatic rings. The lowest BCUT2D eigenvalue weighted by atomic mass is 10.1. The van der Waals surface area contributed by atoms with Gasteiger partial charge in [-0.25, -0.2) is 9.97 Å². The van der Waals surface area contributed by atoms with Gasteiger partial charge in [-0.1, -0.05) is 24.3 Å². The van der Waals surface area contributed by atoms with E-state index in [1.54, 1.807) is 18.3 Å². The predicted molar refractivity (Wildman–Crippen MR) is 115 cm³/mol. The van der Waals surface area contributed by atoms with E-state index in [4.69, 9.17) is 9.47 Å². The van der Waals surface area contributed by atoms with Gasteiger partial charge >= 0.3 is 0 Å². The normalized spacial score (nSPS) is 10.8. The molecule has 7 nitrogen and oxygen atoms in total. The number of hydrogen-bond donors (Lipinski definition) is 1. The van der Waals surface area contributed by atoms with Gasteiger partial charge in [-0.3, -0.25) is 9.20 Å². The number of anilines is 1. The number of aromatic nitrogens is 3. The number of ether oxygens (including phenoxy) is 2. The molecule has 0 bridgehead atoms. The van der Waals surface area contributed by atoms with Crippen molar-refractivity contribution < 1.29 is 14.3 Å². The highest BCUT2D eigenvalue weighted by Crippen LogP contribution is 2.23. The highest BCUT2D eigenvalue weighted by molar-refractivity contribution is 6.06. The van der Waals surface area contributed by atoms with Crippen LogP contribution in [0.25, 0.3) is 17.0 Å². The van der Waals surface area contributed by atoms with Crippen molar-refractivity contribution in [2.45, 2.75) is 6.92 Å². The summed E-state index contributed by atoms with van der Waals surface area (Å²) in [5.74, 6) is 0.945. The topological polar surface area (TPSA) is 77.8 Å². The second-order valence-electron chi connectivity index (χ2n) is 6.53. The fourth-order valence-corrected chi connectivity index (χ4v) is 3.03. The van der Waals surface area contributed by atoms with E-state index < -0.39 is 0 Å². The molecule has 0 spiro atoms. The predicted octanol–water partition coefficient (Wildman–Crippen LogP) is 4.06. The second kappa shape index (κ2) is 9.19. The Bertz CT molecular complexity index is 1110. The molecular weight excluding hydrogens is 380 g/mol. The molecule has 0 aliphatic carbocycles. The van der Waals surface area contributed by atoms with E-state index in [-0.39, 0.29) is 5.91 Å². The van der Waals surface area contributed by atoms with Gasteiger partial charge in [0.2, 0.25) is 5.78 Å². The Hall–Kier alpha value is -3.71. The van der Waals surface area contributed by atoms with Crippen molar-refractivity contribution in [2.24, 2.45) is 0 Å². The fraction of sp³-hybridized carbons (Fsp3) is 0.174. The van der Waals surface area contributed by atoms with Gasteiger partial charge in [-0.15, -0.1) is 0 Å². The summed E-state index contributed by atoms with van der Waals surface area (Å²) in [5.41, 5.74) is 2.93. The molecule has 0 radical (unpaired) electrons. The average Bonchev–Trinajstić information content (AvgIpc) is 3.22. The molecule has 0 atom stereocenters. The van der Waals surface area contributed by atoms with Gasteiger partial charge in [0.15, 0.2) is 0 Å². The number of para-hydroxylation sites is 1. The smallest absolute Gasteiger partial charge is 0.259 e. The van der Waals surface area contributed by atoms with E-state index in [0.29, 0.717) is 42.6 Å². The van der Waals surface area contributed by atoms with Crippen molar-refractivity contribution in [2.75, 3.05) is 25.1 Å². The lowest BCUT2D eigenvalue weighted by Crippen LogP contribution is -2.15. The third-order valence-corrected chi connectivity index (χ3v) is 4.50. The first kappa shape index (κ1) is 19.6. The van der Waals surface area contributed by atoms with Crippen LogP contribution in [0.2, 0.25) is 0 Å². The number of hydrogen-bond acceptors (Lipinski definition) is 5. The summed E-state index contributed by atoms with van der Waals surface area (Å²) in [6.07, 6.45) is 5.54. The van der Waals surface area contributed by atoms with Gasteiger partial charge in [0.1, 0.15) is 12.4 Å². The highest BCUT2D eigenvalue weighted by Gasteiger charge is 2.13. The number of amides is 1. The van der Waals surface area contributed by atoms with E-state index in [1.165, 1.54) is 0 Å². The Morgan fingerprint density at radius 2 is 1.90 bits per heavy atom. The van der Waals surface area contributed by atoms with Crippen LogP contribution >= 0.6 is 0 Å². The molecule has 30 heavy (non-hydrogen) atoms. The number of carbonyl (C=O) groups excluding carboxylic acids is 1. The fourth-order valence-electron chi connectivity index (χ4n) is 3.03. The molecule has 1 amide bonds. The second-order valence-corrected chi connectivity index (χ2v) is 6.53. The van der Waals surface area contributed by atoms with Gasteiger partial charge in [-0.2, -0.15) is 0 Å². The van der Waals surface area contributed by atoms with Crippen molar-refractivity contribution in [3.8, 4) is 17.0 Å². The Morgan fingerprint density at radius 1 is 1.07 bits per heavy atom. The van der Waals surface area contributed by atoms with Gasteiger partial charge in [0, 0.05) is 36.4 Å². The van der Waals surface area contributed by atoms with Gasteiger partial charge < -0.3 is 14.8 Å². The zero-order valence-electron chi connectivity index (χ0n) is 16.6. The van der Waals surface area contributed by atoms with E-state index >= 15 is 0 Å². The van der Waals surface area contributed by atoms with Crippen molar-refractivity contribution in [3.05, 3.63) is 78.8 Å². The molecular formula is C23H22N4O3. The van der Waals surface area contributed by atoms with E-state index in [0.717, 1.165) is 11.3 Å². The lowest BCUT2D eigenvalue weighted by Gasteiger charge is -2.12. The molecule has 0 fully saturated rings. The minimum atomic E-state index is -0.230. The summed E-state index contributed by atoms with van der Waals surface area (Å²) in [7, 11) is 0. The first-order chi connectivity index (χ1) is 14.7. The molecule has 4 rings (SSSR count). The number of nitrogens with one attached hydrogen (secondary N) is 1. The Kier molecular flexibility index (Phi) is 6.01. The van der Waals surface area contributed by atoms with Crippen LogP contribution in [-0.4, -0.2) is 40.1 Å². The molecule has 2 aromatic heterocycles. The molecule has 152 valence electrons. The quantitative estimate of drug-likeness (QED) is 0.450. The molecule has 1 N–H and O–H groups in total. The molecule has 7 heteroatoms. The maximum Gasteiger partial charge on any atom is 0.259 e. The van der Waals surface area contributed by atoms with E-state index in [2.05, 4.69) is 15.3 Å². The largest absolute Gasteiger partial charge is 0.490 e. The molecule has 0 unspecified atom stereocenters. The van der Waals surface area contributed by atoms with E-state index in [9.17, 15) is 4.79 Å². The SMILES string of the molecule is CCOCCOc1ccccc1C(=O)Nc1ccc(-c2cn3cccnc3n2)cc1. The number of imidazole rings is 1. The molecule has 0 aliphatic heterocycles. The van der Waals surface area contributed by atoms with Crippen LogP contribution in [0.1, 0.15) is 17.3 Å². The minimum Gasteiger partial charge on any atom is -0.490 e. The van der Waals surface area contributed by atoms with Crippen LogP contribution in [-0.2, 0) is 4.74 Å². The third kappa shape index (κ3) is 4.47. The molecule has 0 saturated carbocycles. The van der Waals surface area contributed by atoms with Crippen molar-refractivity contribution >= 4 is 17.4 Å². The van der Waals surface area contributed by atoms with Gasteiger partial charge in [-0.05, 0) is 37.3 Å². The van der Waals surface area contributed by atoms with Crippen LogP contribution in [0.3, 0.4) is 0 Å². The summed E-state index contributed by atoms with van der Waals surface area (Å²) >= 11 is 0. The molecule has 2 heterocycles. The minimum absolute atomic E-state index is 0.230.